The van der Waals surface area contributed by atoms with E-state index in [1.807, 2.05) is 0 Å². The van der Waals surface area contributed by atoms with Crippen molar-refractivity contribution in [2.45, 2.75) is 96.9 Å². The van der Waals surface area contributed by atoms with Crippen molar-refractivity contribution in [1.82, 2.24) is 0 Å². The smallest absolute Gasteiger partial charge is 0.303 e. The molecule has 0 unspecified atom stereocenters. The highest BCUT2D eigenvalue weighted by Crippen LogP contribution is 2.68. The lowest BCUT2D eigenvalue weighted by Crippen LogP contribution is -2.62. The number of rotatable bonds is 5. The summed E-state index contributed by atoms with van der Waals surface area (Å²) in [6.07, 6.45) is 6.71. The molecule has 0 spiro atoms. The molecule has 4 aliphatic carbocycles. The number of carboxylic acid groups (broad SMARTS) is 1. The largest absolute Gasteiger partial charge is 0.481 e. The van der Waals surface area contributed by atoms with Gasteiger partial charge in [-0.25, -0.2) is 5.90 Å². The maximum Gasteiger partial charge on any atom is 0.303 e. The van der Waals surface area contributed by atoms with Gasteiger partial charge in [0.25, 0.3) is 0 Å². The number of carbonyl (C=O) groups is 1. The van der Waals surface area contributed by atoms with Crippen LogP contribution < -0.4 is 5.90 Å². The quantitative estimate of drug-likeness (QED) is 0.505. The topological polar surface area (TPSA) is 113 Å². The highest BCUT2D eigenvalue weighted by atomic mass is 16.6. The lowest BCUT2D eigenvalue weighted by molar-refractivity contribution is -0.209. The average molecular weight is 424 g/mol. The summed E-state index contributed by atoms with van der Waals surface area (Å²) in [5.74, 6) is 6.58. The van der Waals surface area contributed by atoms with Crippen LogP contribution in [0.3, 0.4) is 0 Å². The minimum atomic E-state index is -0.746. The molecule has 0 aliphatic heterocycles. The summed E-state index contributed by atoms with van der Waals surface area (Å²) in [4.78, 5) is 16.3. The van der Waals surface area contributed by atoms with Gasteiger partial charge in [0.1, 0.15) is 0 Å². The first-order chi connectivity index (χ1) is 14.1. The number of hydrogen-bond acceptors (Lipinski definition) is 5. The van der Waals surface area contributed by atoms with E-state index in [9.17, 15) is 15.0 Å². The first kappa shape index (κ1) is 22.5. The minimum absolute atomic E-state index is 0.0801. The predicted molar refractivity (Wildman–Crippen MR) is 113 cm³/mol. The molecule has 0 aromatic rings. The van der Waals surface area contributed by atoms with Crippen LogP contribution in [0.2, 0.25) is 0 Å². The zero-order valence-electron chi connectivity index (χ0n) is 18.8. The molecular weight excluding hydrogens is 382 g/mol. The van der Waals surface area contributed by atoms with Crippen LogP contribution in [0.15, 0.2) is 0 Å². The number of hydrogen-bond donors (Lipinski definition) is 4. The predicted octanol–water partition coefficient (Wildman–Crippen LogP) is 3.35. The molecule has 4 aliphatic rings. The van der Waals surface area contributed by atoms with Crippen LogP contribution in [0.1, 0.15) is 78.6 Å². The first-order valence-electron chi connectivity index (χ1n) is 12.1. The van der Waals surface area contributed by atoms with E-state index in [0.717, 1.165) is 44.9 Å². The number of aliphatic carboxylic acids is 1. The van der Waals surface area contributed by atoms with Crippen LogP contribution in [0, 0.1) is 46.3 Å². The van der Waals surface area contributed by atoms with Gasteiger partial charge in [-0.2, -0.15) is 0 Å². The standard InChI is InChI=1S/C24H41NO5/c1-13(4-7-21(28)29)16-5-6-17-22-18(12-20(27)24(16,17)3)23(2)9-8-15(30-25)10-14(23)11-19(22)26/h13-20,22,26-27H,4-12,25H2,1-3H3,(H,28,29)/t13-,14+,15-,16-,17+,18+,19-,20+,22+,23+,24-/m1/s1. The zero-order chi connectivity index (χ0) is 21.8. The fourth-order valence-electron chi connectivity index (χ4n) is 8.79. The molecule has 5 N–H and O–H groups in total. The van der Waals surface area contributed by atoms with E-state index in [-0.39, 0.29) is 41.3 Å². The van der Waals surface area contributed by atoms with Crippen molar-refractivity contribution in [3.63, 3.8) is 0 Å². The Bertz CT molecular complexity index is 658. The highest BCUT2D eigenvalue weighted by Gasteiger charge is 2.65. The normalized spacial score (nSPS) is 51.5. The van der Waals surface area contributed by atoms with Crippen molar-refractivity contribution < 1.29 is 25.0 Å². The summed E-state index contributed by atoms with van der Waals surface area (Å²) in [6, 6.07) is 0. The van der Waals surface area contributed by atoms with Crippen molar-refractivity contribution in [2.24, 2.45) is 52.2 Å². The zero-order valence-corrected chi connectivity index (χ0v) is 18.8. The molecule has 172 valence electrons. The molecule has 6 nitrogen and oxygen atoms in total. The molecule has 4 fully saturated rings. The average Bonchev–Trinajstić information content (AvgIpc) is 3.05. The Hall–Kier alpha value is -0.690. The number of carboxylic acids is 1. The van der Waals surface area contributed by atoms with E-state index in [1.54, 1.807) is 0 Å². The molecular formula is C24H41NO5. The second-order valence-corrected chi connectivity index (χ2v) is 11.5. The van der Waals surface area contributed by atoms with Gasteiger partial charge < -0.3 is 20.2 Å². The molecule has 6 heteroatoms. The summed E-state index contributed by atoms with van der Waals surface area (Å²) in [5, 5.41) is 32.0. The fourth-order valence-corrected chi connectivity index (χ4v) is 8.79. The Morgan fingerprint density at radius 1 is 1.13 bits per heavy atom. The van der Waals surface area contributed by atoms with E-state index >= 15 is 0 Å². The summed E-state index contributed by atoms with van der Waals surface area (Å²) in [5.41, 5.74) is -0.116. The molecule has 4 saturated carbocycles. The molecule has 0 aromatic carbocycles. The monoisotopic (exact) mass is 423 g/mol. The minimum Gasteiger partial charge on any atom is -0.481 e. The Kier molecular flexibility index (Phi) is 6.02. The molecule has 0 heterocycles. The van der Waals surface area contributed by atoms with Gasteiger partial charge in [-0.3, -0.25) is 4.79 Å². The maximum atomic E-state index is 11.5. The number of nitrogens with two attached hydrogens (primary N) is 1. The highest BCUT2D eigenvalue weighted by molar-refractivity contribution is 5.66. The van der Waals surface area contributed by atoms with Crippen molar-refractivity contribution in [2.75, 3.05) is 0 Å². The van der Waals surface area contributed by atoms with E-state index in [1.165, 1.54) is 0 Å². The Balaban J connectivity index is 1.59. The van der Waals surface area contributed by atoms with Gasteiger partial charge >= 0.3 is 5.97 Å². The second kappa shape index (κ2) is 8.02. The molecule has 0 amide bonds. The third-order valence-corrected chi connectivity index (χ3v) is 10.5. The van der Waals surface area contributed by atoms with Gasteiger partial charge in [-0.05, 0) is 97.7 Å². The van der Waals surface area contributed by atoms with Gasteiger partial charge in [-0.1, -0.05) is 20.8 Å². The molecule has 0 saturated heterocycles. The molecule has 30 heavy (non-hydrogen) atoms. The number of aliphatic hydroxyl groups is 2. The molecule has 0 bridgehead atoms. The Morgan fingerprint density at radius 2 is 1.87 bits per heavy atom. The van der Waals surface area contributed by atoms with Gasteiger partial charge in [-0.15, -0.1) is 0 Å². The van der Waals surface area contributed by atoms with Crippen molar-refractivity contribution in [3.8, 4) is 0 Å². The SMILES string of the molecule is C[C@H](CCC(=O)O)[C@H]1CC[C@H]2[C@@H]3[C@H](O)C[C@@H]4C[C@H](ON)CC[C@]4(C)[C@H]3C[C@H](O)[C@]12C. The lowest BCUT2D eigenvalue weighted by atomic mass is 9.43. The van der Waals surface area contributed by atoms with Gasteiger partial charge in [0, 0.05) is 6.42 Å². The summed E-state index contributed by atoms with van der Waals surface area (Å²) < 4.78 is 0. The van der Waals surface area contributed by atoms with Crippen LogP contribution in [0.25, 0.3) is 0 Å². The molecule has 0 aromatic heterocycles. The third-order valence-electron chi connectivity index (χ3n) is 10.5. The van der Waals surface area contributed by atoms with Crippen LogP contribution in [0.5, 0.6) is 0 Å². The van der Waals surface area contributed by atoms with E-state index in [0.29, 0.717) is 30.1 Å². The van der Waals surface area contributed by atoms with E-state index < -0.39 is 12.1 Å². The van der Waals surface area contributed by atoms with Crippen LogP contribution in [0.4, 0.5) is 0 Å². The first-order valence-corrected chi connectivity index (χ1v) is 12.1. The van der Waals surface area contributed by atoms with Crippen LogP contribution >= 0.6 is 0 Å². The Labute approximate surface area is 180 Å². The van der Waals surface area contributed by atoms with Gasteiger partial charge in [0.15, 0.2) is 0 Å². The van der Waals surface area contributed by atoms with Crippen molar-refractivity contribution in [1.29, 1.82) is 0 Å². The van der Waals surface area contributed by atoms with Crippen LogP contribution in [-0.4, -0.2) is 39.6 Å². The van der Waals surface area contributed by atoms with Gasteiger partial charge in [0.05, 0.1) is 18.3 Å². The van der Waals surface area contributed by atoms with Crippen molar-refractivity contribution in [3.05, 3.63) is 0 Å². The summed E-state index contributed by atoms with van der Waals surface area (Å²) in [7, 11) is 0. The Morgan fingerprint density at radius 3 is 2.53 bits per heavy atom. The van der Waals surface area contributed by atoms with E-state index in [4.69, 9.17) is 15.8 Å². The molecule has 4 rings (SSSR count). The lowest BCUT2D eigenvalue weighted by Gasteiger charge is -2.63. The molecule has 0 radical (unpaired) electrons. The van der Waals surface area contributed by atoms with Crippen LogP contribution in [-0.2, 0) is 9.63 Å². The van der Waals surface area contributed by atoms with Gasteiger partial charge in [0.2, 0.25) is 0 Å². The number of aliphatic hydroxyl groups excluding tert-OH is 2. The maximum absolute atomic E-state index is 11.5. The second-order valence-electron chi connectivity index (χ2n) is 11.5. The fraction of sp³-hybridized carbons (Fsp3) is 0.958. The number of fused-ring (bicyclic) bond motifs is 5. The summed E-state index contributed by atoms with van der Waals surface area (Å²) >= 11 is 0. The third kappa shape index (κ3) is 3.33. The van der Waals surface area contributed by atoms with E-state index in [2.05, 4.69) is 20.8 Å². The van der Waals surface area contributed by atoms with Crippen molar-refractivity contribution >= 4 is 5.97 Å². The molecule has 11 atom stereocenters. The summed E-state index contributed by atoms with van der Waals surface area (Å²) in [6.45, 7) is 6.77.